The maximum Gasteiger partial charge on any atom is 0.0369 e. The molecule has 2 rings (SSSR count). The van der Waals surface area contributed by atoms with Gasteiger partial charge in [-0.3, -0.25) is 4.90 Å². The quantitative estimate of drug-likeness (QED) is 0.860. The molecule has 1 fully saturated rings. The second kappa shape index (κ2) is 7.65. The summed E-state index contributed by atoms with van der Waals surface area (Å²) in [4.78, 5) is 5.11. The number of nitrogens with zero attached hydrogens (tertiary/aromatic N) is 2. The van der Waals surface area contributed by atoms with Crippen LogP contribution in [0.4, 0.5) is 5.69 Å². The van der Waals surface area contributed by atoms with Crippen LogP contribution in [-0.2, 0) is 0 Å². The summed E-state index contributed by atoms with van der Waals surface area (Å²) in [5, 5.41) is 3.57. The van der Waals surface area contributed by atoms with Crippen molar-refractivity contribution in [3.63, 3.8) is 0 Å². The molecule has 0 aromatic heterocycles. The van der Waals surface area contributed by atoms with E-state index in [9.17, 15) is 0 Å². The zero-order valence-electron chi connectivity index (χ0n) is 13.2. The Kier molecular flexibility index (Phi) is 5.86. The summed E-state index contributed by atoms with van der Waals surface area (Å²) in [6.07, 6.45) is 1.21. The highest BCUT2D eigenvalue weighted by Gasteiger charge is 2.19. The molecule has 1 aromatic rings. The molecule has 0 saturated carbocycles. The molecule has 3 heteroatoms. The summed E-state index contributed by atoms with van der Waals surface area (Å²) < 4.78 is 0. The number of nitrogens with one attached hydrogen (secondary N) is 1. The van der Waals surface area contributed by atoms with Gasteiger partial charge in [0, 0.05) is 44.5 Å². The summed E-state index contributed by atoms with van der Waals surface area (Å²) in [5.74, 6) is 0. The lowest BCUT2D eigenvalue weighted by Gasteiger charge is -2.37. The van der Waals surface area contributed by atoms with Crippen molar-refractivity contribution in [2.24, 2.45) is 0 Å². The largest absolute Gasteiger partial charge is 0.369 e. The highest BCUT2D eigenvalue weighted by atomic mass is 15.3. The van der Waals surface area contributed by atoms with Crippen LogP contribution in [0.15, 0.2) is 24.3 Å². The van der Waals surface area contributed by atoms with E-state index in [2.05, 4.69) is 60.2 Å². The molecule has 1 saturated heterocycles. The average molecular weight is 275 g/mol. The predicted molar refractivity (Wildman–Crippen MR) is 87.6 cm³/mol. The third-order valence-corrected chi connectivity index (χ3v) is 4.20. The zero-order valence-corrected chi connectivity index (χ0v) is 13.2. The van der Waals surface area contributed by atoms with E-state index >= 15 is 0 Å². The van der Waals surface area contributed by atoms with Crippen LogP contribution in [0.25, 0.3) is 0 Å². The Balaban J connectivity index is 1.83. The molecule has 0 spiro atoms. The van der Waals surface area contributed by atoms with Gasteiger partial charge in [-0.25, -0.2) is 0 Å². The molecule has 3 nitrogen and oxygen atoms in total. The molecule has 1 N–H and O–H groups in total. The van der Waals surface area contributed by atoms with Gasteiger partial charge < -0.3 is 10.2 Å². The van der Waals surface area contributed by atoms with E-state index in [-0.39, 0.29) is 0 Å². The van der Waals surface area contributed by atoms with E-state index < -0.39 is 0 Å². The first-order chi connectivity index (χ1) is 9.72. The van der Waals surface area contributed by atoms with Crippen LogP contribution < -0.4 is 10.2 Å². The third-order valence-electron chi connectivity index (χ3n) is 4.20. The monoisotopic (exact) mass is 275 g/mol. The van der Waals surface area contributed by atoms with Crippen LogP contribution in [0, 0.1) is 6.92 Å². The van der Waals surface area contributed by atoms with Gasteiger partial charge in [0.25, 0.3) is 0 Å². The minimum absolute atomic E-state index is 0.644. The van der Waals surface area contributed by atoms with Crippen LogP contribution in [0.1, 0.15) is 25.8 Å². The van der Waals surface area contributed by atoms with Gasteiger partial charge in [0.05, 0.1) is 0 Å². The first kappa shape index (κ1) is 15.3. The number of hydrogen-bond acceptors (Lipinski definition) is 3. The maximum absolute atomic E-state index is 3.57. The van der Waals surface area contributed by atoms with Crippen molar-refractivity contribution >= 4 is 5.69 Å². The fourth-order valence-electron chi connectivity index (χ4n) is 2.95. The number of rotatable bonds is 6. The molecule has 1 atom stereocenters. The normalized spacial score (nSPS) is 18.2. The van der Waals surface area contributed by atoms with E-state index in [1.165, 1.54) is 37.3 Å². The zero-order chi connectivity index (χ0) is 14.4. The molecular weight excluding hydrogens is 246 g/mol. The van der Waals surface area contributed by atoms with Gasteiger partial charge >= 0.3 is 0 Å². The molecule has 1 unspecified atom stereocenters. The van der Waals surface area contributed by atoms with E-state index in [1.54, 1.807) is 0 Å². The molecule has 20 heavy (non-hydrogen) atoms. The SMILES string of the molecule is CCNC(CC)CN1CCN(c2cccc(C)c2)CC1. The van der Waals surface area contributed by atoms with Crippen molar-refractivity contribution in [1.29, 1.82) is 0 Å². The lowest BCUT2D eigenvalue weighted by molar-refractivity contribution is 0.227. The van der Waals surface area contributed by atoms with Crippen LogP contribution in [0.5, 0.6) is 0 Å². The van der Waals surface area contributed by atoms with Crippen molar-refractivity contribution in [3.05, 3.63) is 29.8 Å². The summed E-state index contributed by atoms with van der Waals surface area (Å²) in [6, 6.07) is 9.50. The topological polar surface area (TPSA) is 18.5 Å². The molecule has 0 amide bonds. The second-order valence-electron chi connectivity index (χ2n) is 5.79. The highest BCUT2D eigenvalue weighted by molar-refractivity contribution is 5.48. The van der Waals surface area contributed by atoms with Gasteiger partial charge in [-0.15, -0.1) is 0 Å². The Hall–Kier alpha value is -1.06. The van der Waals surface area contributed by atoms with Crippen molar-refractivity contribution in [3.8, 4) is 0 Å². The fourth-order valence-corrected chi connectivity index (χ4v) is 2.95. The maximum atomic E-state index is 3.57. The minimum Gasteiger partial charge on any atom is -0.369 e. The number of likely N-dealkylation sites (N-methyl/N-ethyl adjacent to an activating group) is 1. The predicted octanol–water partition coefficient (Wildman–Crippen LogP) is 2.51. The van der Waals surface area contributed by atoms with Crippen molar-refractivity contribution < 1.29 is 0 Å². The van der Waals surface area contributed by atoms with E-state index in [1.807, 2.05) is 0 Å². The summed E-state index contributed by atoms with van der Waals surface area (Å²) in [5.41, 5.74) is 2.73. The number of benzene rings is 1. The van der Waals surface area contributed by atoms with Gasteiger partial charge in [0.1, 0.15) is 0 Å². The molecule has 0 bridgehead atoms. The first-order valence-electron chi connectivity index (χ1n) is 8.00. The van der Waals surface area contributed by atoms with E-state index in [0.29, 0.717) is 6.04 Å². The van der Waals surface area contributed by atoms with Crippen LogP contribution in [-0.4, -0.2) is 50.2 Å². The standard InChI is InChI=1S/C17H29N3/c1-4-16(18-5-2)14-19-9-11-20(12-10-19)17-8-6-7-15(3)13-17/h6-8,13,16,18H,4-5,9-12,14H2,1-3H3. The minimum atomic E-state index is 0.644. The number of anilines is 1. The molecule has 1 heterocycles. The first-order valence-corrected chi connectivity index (χ1v) is 8.00. The fraction of sp³-hybridized carbons (Fsp3) is 0.647. The molecular formula is C17H29N3. The van der Waals surface area contributed by atoms with Gasteiger partial charge in [-0.1, -0.05) is 26.0 Å². The number of aryl methyl sites for hydroxylation is 1. The summed E-state index contributed by atoms with van der Waals surface area (Å²) in [6.45, 7) is 13.5. The van der Waals surface area contributed by atoms with Gasteiger partial charge in [-0.2, -0.15) is 0 Å². The molecule has 1 aromatic carbocycles. The van der Waals surface area contributed by atoms with Crippen molar-refractivity contribution in [2.75, 3.05) is 44.2 Å². The van der Waals surface area contributed by atoms with E-state index in [0.717, 1.165) is 19.6 Å². The van der Waals surface area contributed by atoms with E-state index in [4.69, 9.17) is 0 Å². The van der Waals surface area contributed by atoms with Crippen molar-refractivity contribution in [1.82, 2.24) is 10.2 Å². The summed E-state index contributed by atoms with van der Waals surface area (Å²) in [7, 11) is 0. The molecule has 1 aliphatic heterocycles. The van der Waals surface area contributed by atoms with Crippen LogP contribution >= 0.6 is 0 Å². The molecule has 0 aliphatic carbocycles. The summed E-state index contributed by atoms with van der Waals surface area (Å²) >= 11 is 0. The lowest BCUT2D eigenvalue weighted by atomic mass is 10.1. The number of piperazine rings is 1. The smallest absolute Gasteiger partial charge is 0.0369 e. The highest BCUT2D eigenvalue weighted by Crippen LogP contribution is 2.17. The molecule has 0 radical (unpaired) electrons. The Labute approximate surface area is 124 Å². The van der Waals surface area contributed by atoms with Gasteiger partial charge in [0.15, 0.2) is 0 Å². The van der Waals surface area contributed by atoms with Gasteiger partial charge in [0.2, 0.25) is 0 Å². The van der Waals surface area contributed by atoms with Crippen LogP contribution in [0.2, 0.25) is 0 Å². The average Bonchev–Trinajstić information content (AvgIpc) is 2.47. The Morgan fingerprint density at radius 2 is 1.90 bits per heavy atom. The Bertz CT molecular complexity index is 397. The Morgan fingerprint density at radius 3 is 2.50 bits per heavy atom. The van der Waals surface area contributed by atoms with Crippen LogP contribution in [0.3, 0.4) is 0 Å². The van der Waals surface area contributed by atoms with Gasteiger partial charge in [-0.05, 0) is 37.6 Å². The second-order valence-corrected chi connectivity index (χ2v) is 5.79. The molecule has 112 valence electrons. The Morgan fingerprint density at radius 1 is 1.15 bits per heavy atom. The third kappa shape index (κ3) is 4.22. The number of hydrogen-bond donors (Lipinski definition) is 1. The molecule has 1 aliphatic rings. The lowest BCUT2D eigenvalue weighted by Crippen LogP contribution is -2.50. The van der Waals surface area contributed by atoms with Crippen molar-refractivity contribution in [2.45, 2.75) is 33.2 Å².